The Morgan fingerprint density at radius 1 is 1.50 bits per heavy atom. The van der Waals surface area contributed by atoms with Gasteiger partial charge in [0.05, 0.1) is 0 Å². The Bertz CT molecular complexity index is 362. The van der Waals surface area contributed by atoms with Crippen LogP contribution in [0, 0.1) is 12.8 Å². The molecule has 1 fully saturated rings. The predicted molar refractivity (Wildman–Crippen MR) is 69.7 cm³/mol. The molecule has 1 aliphatic heterocycles. The molecule has 3 nitrogen and oxygen atoms in total. The van der Waals surface area contributed by atoms with E-state index in [1.54, 1.807) is 0 Å². The van der Waals surface area contributed by atoms with E-state index in [1.807, 2.05) is 13.0 Å². The van der Waals surface area contributed by atoms with Crippen LogP contribution in [0.25, 0.3) is 0 Å². The van der Waals surface area contributed by atoms with Crippen LogP contribution in [-0.2, 0) is 0 Å². The maximum atomic E-state index is 5.88. The standard InChI is InChI=1S/C13H21N3/c1-10-3-4-12(7-13(10)14)15-8-11-5-6-16(2)9-11/h3-4,7,11,15H,5-6,8-9,14H2,1-2H3. The van der Waals surface area contributed by atoms with Crippen molar-refractivity contribution in [3.05, 3.63) is 23.8 Å². The van der Waals surface area contributed by atoms with Crippen molar-refractivity contribution in [1.82, 2.24) is 4.90 Å². The molecule has 0 radical (unpaired) electrons. The molecule has 1 unspecified atom stereocenters. The molecule has 0 bridgehead atoms. The summed E-state index contributed by atoms with van der Waals surface area (Å²) in [5.74, 6) is 0.771. The van der Waals surface area contributed by atoms with Gasteiger partial charge in [-0.1, -0.05) is 6.07 Å². The number of nitrogens with two attached hydrogens (primary N) is 1. The largest absolute Gasteiger partial charge is 0.398 e. The molecule has 88 valence electrons. The van der Waals surface area contributed by atoms with Gasteiger partial charge in [0.1, 0.15) is 0 Å². The van der Waals surface area contributed by atoms with E-state index in [2.05, 4.69) is 29.4 Å². The van der Waals surface area contributed by atoms with Crippen LogP contribution in [0.1, 0.15) is 12.0 Å². The summed E-state index contributed by atoms with van der Waals surface area (Å²) < 4.78 is 0. The van der Waals surface area contributed by atoms with E-state index in [4.69, 9.17) is 5.73 Å². The third kappa shape index (κ3) is 2.67. The first-order chi connectivity index (χ1) is 7.65. The van der Waals surface area contributed by atoms with Crippen LogP contribution in [0.15, 0.2) is 18.2 Å². The maximum absolute atomic E-state index is 5.88. The van der Waals surface area contributed by atoms with Crippen molar-refractivity contribution in [3.8, 4) is 0 Å². The van der Waals surface area contributed by atoms with Crippen molar-refractivity contribution < 1.29 is 0 Å². The molecule has 1 aromatic rings. The van der Waals surface area contributed by atoms with Crippen LogP contribution in [-0.4, -0.2) is 31.6 Å². The van der Waals surface area contributed by atoms with E-state index in [9.17, 15) is 0 Å². The minimum Gasteiger partial charge on any atom is -0.398 e. The summed E-state index contributed by atoms with van der Waals surface area (Å²) in [6, 6.07) is 6.19. The third-order valence-corrected chi connectivity index (χ3v) is 3.36. The third-order valence-electron chi connectivity index (χ3n) is 3.36. The topological polar surface area (TPSA) is 41.3 Å². The molecule has 0 aliphatic carbocycles. The van der Waals surface area contributed by atoms with Crippen LogP contribution in [0.5, 0.6) is 0 Å². The first-order valence-corrected chi connectivity index (χ1v) is 5.93. The van der Waals surface area contributed by atoms with Crippen molar-refractivity contribution in [2.24, 2.45) is 5.92 Å². The van der Waals surface area contributed by atoms with E-state index in [0.29, 0.717) is 0 Å². The Kier molecular flexibility index (Phi) is 3.34. The summed E-state index contributed by atoms with van der Waals surface area (Å²) in [5.41, 5.74) is 9.03. The molecule has 3 N–H and O–H groups in total. The molecule has 1 aliphatic rings. The fraction of sp³-hybridized carbons (Fsp3) is 0.538. The molecule has 3 heteroatoms. The Labute approximate surface area is 97.6 Å². The molecule has 1 atom stereocenters. The average Bonchev–Trinajstić information content (AvgIpc) is 2.66. The molecule has 0 spiro atoms. The van der Waals surface area contributed by atoms with Crippen molar-refractivity contribution in [2.75, 3.05) is 37.7 Å². The first-order valence-electron chi connectivity index (χ1n) is 5.93. The Morgan fingerprint density at radius 3 is 2.94 bits per heavy atom. The monoisotopic (exact) mass is 219 g/mol. The lowest BCUT2D eigenvalue weighted by molar-refractivity contribution is 0.399. The van der Waals surface area contributed by atoms with Gasteiger partial charge in [-0.05, 0) is 50.6 Å². The number of anilines is 2. The van der Waals surface area contributed by atoms with Crippen molar-refractivity contribution in [1.29, 1.82) is 0 Å². The van der Waals surface area contributed by atoms with Gasteiger partial charge in [0.15, 0.2) is 0 Å². The van der Waals surface area contributed by atoms with Crippen LogP contribution in [0.3, 0.4) is 0 Å². The lowest BCUT2D eigenvalue weighted by Crippen LogP contribution is -2.19. The Hall–Kier alpha value is -1.22. The van der Waals surface area contributed by atoms with Gasteiger partial charge in [-0.15, -0.1) is 0 Å². The van der Waals surface area contributed by atoms with Gasteiger partial charge < -0.3 is 16.0 Å². The molecule has 1 heterocycles. The minimum absolute atomic E-state index is 0.771. The van der Waals surface area contributed by atoms with Crippen molar-refractivity contribution >= 4 is 11.4 Å². The second-order valence-electron chi connectivity index (χ2n) is 4.87. The van der Waals surface area contributed by atoms with Crippen LogP contribution >= 0.6 is 0 Å². The predicted octanol–water partition coefficient (Wildman–Crippen LogP) is 1.94. The summed E-state index contributed by atoms with van der Waals surface area (Å²) in [5, 5.41) is 3.47. The van der Waals surface area contributed by atoms with Crippen LogP contribution in [0.4, 0.5) is 11.4 Å². The van der Waals surface area contributed by atoms with Crippen LogP contribution in [0.2, 0.25) is 0 Å². The SMILES string of the molecule is Cc1ccc(NCC2CCN(C)C2)cc1N. The van der Waals surface area contributed by atoms with Crippen molar-refractivity contribution in [3.63, 3.8) is 0 Å². The van der Waals surface area contributed by atoms with Crippen LogP contribution < -0.4 is 11.1 Å². The summed E-state index contributed by atoms with van der Waals surface area (Å²) in [7, 11) is 2.18. The fourth-order valence-corrected chi connectivity index (χ4v) is 2.21. The van der Waals surface area contributed by atoms with Gasteiger partial charge in [0.25, 0.3) is 0 Å². The molecule has 2 rings (SSSR count). The number of hydrogen-bond donors (Lipinski definition) is 2. The quantitative estimate of drug-likeness (QED) is 0.763. The summed E-state index contributed by atoms with van der Waals surface area (Å²) >= 11 is 0. The zero-order valence-corrected chi connectivity index (χ0v) is 10.2. The number of rotatable bonds is 3. The molecule has 16 heavy (non-hydrogen) atoms. The molecule has 0 aromatic heterocycles. The van der Waals surface area contributed by atoms with E-state index in [0.717, 1.165) is 29.4 Å². The van der Waals surface area contributed by atoms with Gasteiger partial charge in [-0.2, -0.15) is 0 Å². The van der Waals surface area contributed by atoms with Gasteiger partial charge >= 0.3 is 0 Å². The smallest absolute Gasteiger partial charge is 0.0364 e. The summed E-state index contributed by atoms with van der Waals surface area (Å²) in [6.07, 6.45) is 1.30. The number of hydrogen-bond acceptors (Lipinski definition) is 3. The Morgan fingerprint density at radius 2 is 2.31 bits per heavy atom. The zero-order chi connectivity index (χ0) is 11.5. The zero-order valence-electron chi connectivity index (χ0n) is 10.2. The summed E-state index contributed by atoms with van der Waals surface area (Å²) in [6.45, 7) is 5.51. The highest BCUT2D eigenvalue weighted by atomic mass is 15.1. The number of nitrogens with one attached hydrogen (secondary N) is 1. The highest BCUT2D eigenvalue weighted by Gasteiger charge is 2.18. The maximum Gasteiger partial charge on any atom is 0.0364 e. The molecular weight excluding hydrogens is 198 g/mol. The van der Waals surface area contributed by atoms with Gasteiger partial charge in [0, 0.05) is 24.5 Å². The van der Waals surface area contributed by atoms with E-state index >= 15 is 0 Å². The average molecular weight is 219 g/mol. The van der Waals surface area contributed by atoms with Gasteiger partial charge in [0.2, 0.25) is 0 Å². The van der Waals surface area contributed by atoms with E-state index in [-0.39, 0.29) is 0 Å². The second-order valence-corrected chi connectivity index (χ2v) is 4.87. The molecular formula is C13H21N3. The lowest BCUT2D eigenvalue weighted by atomic mass is 10.1. The second kappa shape index (κ2) is 4.74. The van der Waals surface area contributed by atoms with Gasteiger partial charge in [-0.3, -0.25) is 0 Å². The highest BCUT2D eigenvalue weighted by molar-refractivity contribution is 5.58. The summed E-state index contributed by atoms with van der Waals surface area (Å²) in [4.78, 5) is 2.38. The normalized spacial score (nSPS) is 21.2. The number of likely N-dealkylation sites (tertiary alicyclic amines) is 1. The number of aryl methyl sites for hydroxylation is 1. The minimum atomic E-state index is 0.771. The van der Waals surface area contributed by atoms with E-state index in [1.165, 1.54) is 19.5 Å². The number of nitrogens with zero attached hydrogens (tertiary/aromatic N) is 1. The lowest BCUT2D eigenvalue weighted by Gasteiger charge is -2.13. The fourth-order valence-electron chi connectivity index (χ4n) is 2.21. The number of benzene rings is 1. The first kappa shape index (κ1) is 11.3. The molecule has 0 saturated carbocycles. The molecule has 0 amide bonds. The molecule has 1 saturated heterocycles. The highest BCUT2D eigenvalue weighted by Crippen LogP contribution is 2.19. The molecule has 1 aromatic carbocycles. The number of nitrogen functional groups attached to an aromatic ring is 1. The van der Waals surface area contributed by atoms with Gasteiger partial charge in [-0.25, -0.2) is 0 Å². The Balaban J connectivity index is 1.87. The van der Waals surface area contributed by atoms with E-state index < -0.39 is 0 Å². The van der Waals surface area contributed by atoms with Crippen molar-refractivity contribution in [2.45, 2.75) is 13.3 Å².